The SMILES string of the molecule is CN(C)CCN1C(=O)NCC1N. The second kappa shape index (κ2) is 3.73. The van der Waals surface area contributed by atoms with Gasteiger partial charge in [0.25, 0.3) is 0 Å². The number of nitrogens with two attached hydrogens (primary N) is 1. The van der Waals surface area contributed by atoms with Gasteiger partial charge in [-0.1, -0.05) is 0 Å². The van der Waals surface area contributed by atoms with Crippen molar-refractivity contribution in [2.45, 2.75) is 6.17 Å². The van der Waals surface area contributed by atoms with Crippen molar-refractivity contribution in [3.05, 3.63) is 0 Å². The molecule has 1 aliphatic heterocycles. The third-order valence-corrected chi connectivity index (χ3v) is 1.91. The lowest BCUT2D eigenvalue weighted by molar-refractivity contribution is 0.197. The Hall–Kier alpha value is -0.810. The Bertz CT molecular complexity index is 171. The van der Waals surface area contributed by atoms with Gasteiger partial charge in [-0.15, -0.1) is 0 Å². The molecule has 12 heavy (non-hydrogen) atoms. The molecule has 3 N–H and O–H groups in total. The minimum absolute atomic E-state index is 0.0515. The van der Waals surface area contributed by atoms with Crippen molar-refractivity contribution < 1.29 is 4.79 Å². The summed E-state index contributed by atoms with van der Waals surface area (Å²) < 4.78 is 0. The topological polar surface area (TPSA) is 61.6 Å². The molecule has 0 bridgehead atoms. The highest BCUT2D eigenvalue weighted by atomic mass is 16.2. The largest absolute Gasteiger partial charge is 0.335 e. The molecule has 0 aromatic carbocycles. The molecule has 0 spiro atoms. The summed E-state index contributed by atoms with van der Waals surface area (Å²) in [6.07, 6.45) is -0.155. The molecule has 2 amide bonds. The number of amides is 2. The normalized spacial score (nSPS) is 23.5. The van der Waals surface area contributed by atoms with Crippen LogP contribution >= 0.6 is 0 Å². The van der Waals surface area contributed by atoms with E-state index in [1.807, 2.05) is 19.0 Å². The summed E-state index contributed by atoms with van der Waals surface area (Å²) in [6, 6.07) is -0.0515. The van der Waals surface area contributed by atoms with Crippen LogP contribution in [0, 0.1) is 0 Å². The van der Waals surface area contributed by atoms with Gasteiger partial charge in [-0.3, -0.25) is 0 Å². The van der Waals surface area contributed by atoms with Gasteiger partial charge in [-0.25, -0.2) is 4.79 Å². The Labute approximate surface area is 72.5 Å². The first-order valence-electron chi connectivity index (χ1n) is 4.06. The molecular weight excluding hydrogens is 156 g/mol. The van der Waals surface area contributed by atoms with Gasteiger partial charge < -0.3 is 20.9 Å². The summed E-state index contributed by atoms with van der Waals surface area (Å²) in [5.74, 6) is 0. The van der Waals surface area contributed by atoms with Gasteiger partial charge in [0.05, 0.1) is 12.7 Å². The number of nitrogens with one attached hydrogen (secondary N) is 1. The Morgan fingerprint density at radius 2 is 2.42 bits per heavy atom. The Kier molecular flexibility index (Phi) is 2.88. The van der Waals surface area contributed by atoms with Crippen LogP contribution in [0.25, 0.3) is 0 Å². The van der Waals surface area contributed by atoms with Crippen LogP contribution in [0.1, 0.15) is 0 Å². The summed E-state index contributed by atoms with van der Waals surface area (Å²) in [5.41, 5.74) is 5.68. The molecule has 1 aliphatic rings. The fourth-order valence-corrected chi connectivity index (χ4v) is 1.13. The quantitative estimate of drug-likeness (QED) is 0.565. The maximum absolute atomic E-state index is 11.1. The predicted octanol–water partition coefficient (Wildman–Crippen LogP) is -1.14. The van der Waals surface area contributed by atoms with E-state index >= 15 is 0 Å². The Morgan fingerprint density at radius 1 is 1.75 bits per heavy atom. The van der Waals surface area contributed by atoms with E-state index in [-0.39, 0.29) is 12.2 Å². The second-order valence-electron chi connectivity index (χ2n) is 3.25. The van der Waals surface area contributed by atoms with Crippen LogP contribution in [-0.4, -0.2) is 55.7 Å². The van der Waals surface area contributed by atoms with Gasteiger partial charge in [0.2, 0.25) is 0 Å². The number of carbonyl (C=O) groups excluding carboxylic acids is 1. The van der Waals surface area contributed by atoms with Crippen LogP contribution in [0.3, 0.4) is 0 Å². The van der Waals surface area contributed by atoms with E-state index in [0.29, 0.717) is 13.1 Å². The fourth-order valence-electron chi connectivity index (χ4n) is 1.13. The molecule has 0 saturated carbocycles. The van der Waals surface area contributed by atoms with Crippen LogP contribution < -0.4 is 11.1 Å². The third kappa shape index (κ3) is 2.09. The maximum Gasteiger partial charge on any atom is 0.318 e. The number of likely N-dealkylation sites (N-methyl/N-ethyl adjacent to an activating group) is 1. The molecule has 1 unspecified atom stereocenters. The highest BCUT2D eigenvalue weighted by Gasteiger charge is 2.26. The highest BCUT2D eigenvalue weighted by molar-refractivity contribution is 5.76. The van der Waals surface area contributed by atoms with E-state index in [1.165, 1.54) is 0 Å². The van der Waals surface area contributed by atoms with Crippen molar-refractivity contribution >= 4 is 6.03 Å². The third-order valence-electron chi connectivity index (χ3n) is 1.91. The van der Waals surface area contributed by atoms with E-state index in [2.05, 4.69) is 5.32 Å². The average molecular weight is 172 g/mol. The number of nitrogens with zero attached hydrogens (tertiary/aromatic N) is 2. The molecule has 5 heteroatoms. The van der Waals surface area contributed by atoms with Crippen molar-refractivity contribution in [2.24, 2.45) is 5.73 Å². The zero-order chi connectivity index (χ0) is 9.14. The number of urea groups is 1. The van der Waals surface area contributed by atoms with E-state index in [9.17, 15) is 4.79 Å². The molecule has 70 valence electrons. The van der Waals surface area contributed by atoms with Crippen molar-refractivity contribution in [1.29, 1.82) is 0 Å². The van der Waals surface area contributed by atoms with Crippen LogP contribution in [0.15, 0.2) is 0 Å². The predicted molar refractivity (Wildman–Crippen MR) is 46.6 cm³/mol. The lowest BCUT2D eigenvalue weighted by Gasteiger charge is -2.21. The highest BCUT2D eigenvalue weighted by Crippen LogP contribution is 2.00. The zero-order valence-corrected chi connectivity index (χ0v) is 7.58. The standard InChI is InChI=1S/C7H16N4O/c1-10(2)3-4-11-6(8)5-9-7(11)12/h6H,3-5,8H2,1-2H3,(H,9,12). The number of hydrogen-bond donors (Lipinski definition) is 2. The minimum atomic E-state index is -0.155. The van der Waals surface area contributed by atoms with Crippen LogP contribution in [-0.2, 0) is 0 Å². The Morgan fingerprint density at radius 3 is 2.83 bits per heavy atom. The first-order valence-corrected chi connectivity index (χ1v) is 4.06. The summed E-state index contributed by atoms with van der Waals surface area (Å²) in [4.78, 5) is 14.8. The number of carbonyl (C=O) groups is 1. The average Bonchev–Trinajstić information content (AvgIpc) is 2.28. The van der Waals surface area contributed by atoms with Crippen molar-refractivity contribution in [3.8, 4) is 0 Å². The van der Waals surface area contributed by atoms with Crippen molar-refractivity contribution in [1.82, 2.24) is 15.1 Å². The van der Waals surface area contributed by atoms with E-state index in [1.54, 1.807) is 4.90 Å². The fraction of sp³-hybridized carbons (Fsp3) is 0.857. The van der Waals surface area contributed by atoms with E-state index in [0.717, 1.165) is 6.54 Å². The van der Waals surface area contributed by atoms with Gasteiger partial charge in [0, 0.05) is 13.1 Å². The second-order valence-corrected chi connectivity index (χ2v) is 3.25. The molecule has 0 aliphatic carbocycles. The molecular formula is C7H16N4O. The van der Waals surface area contributed by atoms with Gasteiger partial charge in [-0.2, -0.15) is 0 Å². The Balaban J connectivity index is 2.34. The summed E-state index contributed by atoms with van der Waals surface area (Å²) in [7, 11) is 3.94. The van der Waals surface area contributed by atoms with Gasteiger partial charge in [0.15, 0.2) is 0 Å². The molecule has 0 aromatic heterocycles. The van der Waals surface area contributed by atoms with Crippen molar-refractivity contribution in [3.63, 3.8) is 0 Å². The molecule has 1 atom stereocenters. The number of hydrogen-bond acceptors (Lipinski definition) is 3. The van der Waals surface area contributed by atoms with Gasteiger partial charge in [0.1, 0.15) is 0 Å². The molecule has 1 rings (SSSR count). The summed E-state index contributed by atoms with van der Waals surface area (Å²) in [6.45, 7) is 2.10. The summed E-state index contributed by atoms with van der Waals surface area (Å²) in [5, 5.41) is 2.69. The first-order chi connectivity index (χ1) is 5.61. The summed E-state index contributed by atoms with van der Waals surface area (Å²) >= 11 is 0. The molecule has 0 radical (unpaired) electrons. The lowest BCUT2D eigenvalue weighted by atomic mass is 10.4. The first kappa shape index (κ1) is 9.28. The van der Waals surface area contributed by atoms with Gasteiger partial charge >= 0.3 is 6.03 Å². The smallest absolute Gasteiger partial charge is 0.318 e. The number of rotatable bonds is 3. The minimum Gasteiger partial charge on any atom is -0.335 e. The molecule has 1 heterocycles. The maximum atomic E-state index is 11.1. The molecule has 1 saturated heterocycles. The monoisotopic (exact) mass is 172 g/mol. The van der Waals surface area contributed by atoms with Crippen LogP contribution in [0.4, 0.5) is 4.79 Å². The van der Waals surface area contributed by atoms with E-state index in [4.69, 9.17) is 5.73 Å². The molecule has 0 aromatic rings. The van der Waals surface area contributed by atoms with Crippen LogP contribution in [0.2, 0.25) is 0 Å². The lowest BCUT2D eigenvalue weighted by Crippen LogP contribution is -2.43. The van der Waals surface area contributed by atoms with Gasteiger partial charge in [-0.05, 0) is 14.1 Å². The van der Waals surface area contributed by atoms with E-state index < -0.39 is 0 Å². The molecule has 5 nitrogen and oxygen atoms in total. The zero-order valence-electron chi connectivity index (χ0n) is 7.58. The van der Waals surface area contributed by atoms with Crippen LogP contribution in [0.5, 0.6) is 0 Å². The molecule has 1 fully saturated rings. The van der Waals surface area contributed by atoms with Crippen molar-refractivity contribution in [2.75, 3.05) is 33.7 Å².